The van der Waals surface area contributed by atoms with E-state index in [9.17, 15) is 8.42 Å². The number of ether oxygens (including phenoxy) is 1. The van der Waals surface area contributed by atoms with Gasteiger partial charge in [-0.05, 0) is 87.8 Å². The number of nitrogens with one attached hydrogen (secondary N) is 1. The lowest BCUT2D eigenvalue weighted by Crippen LogP contribution is -2.31. The van der Waals surface area contributed by atoms with Crippen molar-refractivity contribution >= 4 is 21.4 Å². The van der Waals surface area contributed by atoms with E-state index >= 15 is 0 Å². The van der Waals surface area contributed by atoms with Crippen molar-refractivity contribution in [2.24, 2.45) is 0 Å². The van der Waals surface area contributed by atoms with Crippen molar-refractivity contribution in [1.82, 2.24) is 0 Å². The predicted molar refractivity (Wildman–Crippen MR) is 120 cm³/mol. The predicted octanol–water partition coefficient (Wildman–Crippen LogP) is 5.03. The summed E-state index contributed by atoms with van der Waals surface area (Å²) in [4.78, 5) is 2.57. The van der Waals surface area contributed by atoms with E-state index in [-0.39, 0.29) is 4.90 Å². The lowest BCUT2D eigenvalue weighted by Gasteiger charge is -2.33. The summed E-state index contributed by atoms with van der Waals surface area (Å²) in [7, 11) is -2.29. The van der Waals surface area contributed by atoms with E-state index < -0.39 is 10.0 Å². The lowest BCUT2D eigenvalue weighted by molar-refractivity contribution is 0.399. The average Bonchev–Trinajstić information content (AvgIpc) is 2.65. The van der Waals surface area contributed by atoms with Crippen LogP contribution in [0.5, 0.6) is 5.75 Å². The molecule has 1 aliphatic rings. The van der Waals surface area contributed by atoms with E-state index in [1.54, 1.807) is 6.07 Å². The third-order valence-corrected chi connectivity index (χ3v) is 7.07. The molecule has 2 aromatic rings. The zero-order valence-corrected chi connectivity index (χ0v) is 19.2. The van der Waals surface area contributed by atoms with Crippen molar-refractivity contribution in [2.75, 3.05) is 29.8 Å². The van der Waals surface area contributed by atoms with Crippen molar-refractivity contribution in [3.63, 3.8) is 0 Å². The van der Waals surface area contributed by atoms with Gasteiger partial charge in [-0.15, -0.1) is 0 Å². The second-order valence-electron chi connectivity index (χ2n) is 8.13. The molecule has 0 atom stereocenters. The number of benzene rings is 2. The molecule has 0 amide bonds. The zero-order chi connectivity index (χ0) is 21.3. The summed E-state index contributed by atoms with van der Waals surface area (Å²) >= 11 is 0. The second-order valence-corrected chi connectivity index (χ2v) is 9.78. The molecule has 3 rings (SSSR count). The maximum atomic E-state index is 13.4. The summed E-state index contributed by atoms with van der Waals surface area (Å²) in [6, 6.07) is 5.67. The fourth-order valence-corrected chi connectivity index (χ4v) is 6.02. The first-order chi connectivity index (χ1) is 13.7. The summed E-state index contributed by atoms with van der Waals surface area (Å²) in [6.07, 6.45) is 3.60. The lowest BCUT2D eigenvalue weighted by atomic mass is 9.99. The third-order valence-electron chi connectivity index (χ3n) is 5.72. The van der Waals surface area contributed by atoms with E-state index in [1.807, 2.05) is 33.8 Å². The van der Waals surface area contributed by atoms with Crippen LogP contribution < -0.4 is 14.4 Å². The maximum Gasteiger partial charge on any atom is 0.265 e. The van der Waals surface area contributed by atoms with Gasteiger partial charge in [-0.25, -0.2) is 8.42 Å². The molecular formula is C23H32N2O3S. The molecule has 6 heteroatoms. The number of methoxy groups -OCH3 is 1. The van der Waals surface area contributed by atoms with Gasteiger partial charge in [0.05, 0.1) is 12.8 Å². The average molecular weight is 417 g/mol. The quantitative estimate of drug-likeness (QED) is 0.743. The summed E-state index contributed by atoms with van der Waals surface area (Å²) in [5, 5.41) is 0. The molecule has 0 aromatic heterocycles. The first-order valence-electron chi connectivity index (χ1n) is 10.2. The van der Waals surface area contributed by atoms with Crippen LogP contribution in [-0.4, -0.2) is 28.6 Å². The molecule has 0 unspecified atom stereocenters. The molecule has 0 spiro atoms. The number of anilines is 2. The van der Waals surface area contributed by atoms with Crippen molar-refractivity contribution in [3.05, 3.63) is 46.0 Å². The Morgan fingerprint density at radius 2 is 1.55 bits per heavy atom. The molecule has 158 valence electrons. The van der Waals surface area contributed by atoms with Crippen molar-refractivity contribution < 1.29 is 13.2 Å². The number of nitrogens with zero attached hydrogens (tertiary/aromatic N) is 1. The van der Waals surface area contributed by atoms with Crippen LogP contribution in [0.4, 0.5) is 11.4 Å². The van der Waals surface area contributed by atoms with Crippen LogP contribution >= 0.6 is 0 Å². The normalized spacial score (nSPS) is 14.8. The number of rotatable bonds is 5. The Kier molecular flexibility index (Phi) is 6.13. The maximum absolute atomic E-state index is 13.4. The minimum absolute atomic E-state index is 0.177. The van der Waals surface area contributed by atoms with Crippen LogP contribution in [0.2, 0.25) is 0 Å². The van der Waals surface area contributed by atoms with Crippen molar-refractivity contribution in [3.8, 4) is 5.75 Å². The van der Waals surface area contributed by atoms with Crippen LogP contribution in [0.3, 0.4) is 0 Å². The van der Waals surface area contributed by atoms with Crippen molar-refractivity contribution in [2.45, 2.75) is 58.8 Å². The molecule has 0 aliphatic carbocycles. The largest absolute Gasteiger partial charge is 0.495 e. The van der Waals surface area contributed by atoms with Gasteiger partial charge in [0, 0.05) is 18.8 Å². The summed E-state index contributed by atoms with van der Waals surface area (Å²) < 4.78 is 35.0. The number of piperidine rings is 1. The smallest absolute Gasteiger partial charge is 0.265 e. The van der Waals surface area contributed by atoms with Gasteiger partial charge in [-0.2, -0.15) is 0 Å². The minimum atomic E-state index is -3.80. The van der Waals surface area contributed by atoms with Crippen LogP contribution in [0.25, 0.3) is 0 Å². The Labute approximate surface area is 175 Å². The first kappa shape index (κ1) is 21.5. The van der Waals surface area contributed by atoms with Gasteiger partial charge in [0.25, 0.3) is 10.0 Å². The zero-order valence-electron chi connectivity index (χ0n) is 18.3. The monoisotopic (exact) mass is 416 g/mol. The molecular weight excluding hydrogens is 384 g/mol. The number of hydrogen-bond acceptors (Lipinski definition) is 4. The molecule has 29 heavy (non-hydrogen) atoms. The molecule has 5 nitrogen and oxygen atoms in total. The number of hydrogen-bond donors (Lipinski definition) is 1. The van der Waals surface area contributed by atoms with Gasteiger partial charge in [0.15, 0.2) is 0 Å². The van der Waals surface area contributed by atoms with Crippen LogP contribution in [0.15, 0.2) is 23.1 Å². The number of aryl methyl sites for hydroxylation is 4. The SMILES string of the molecule is COc1c(C)cc(C)cc1S(=O)(=O)Nc1c(C)cc(C)c(N2CCCCC2)c1C. The minimum Gasteiger partial charge on any atom is -0.495 e. The third kappa shape index (κ3) is 4.22. The van der Waals surface area contributed by atoms with E-state index in [1.165, 1.54) is 31.9 Å². The van der Waals surface area contributed by atoms with E-state index in [4.69, 9.17) is 4.74 Å². The fraction of sp³-hybridized carbons (Fsp3) is 0.478. The molecule has 1 saturated heterocycles. The van der Waals surface area contributed by atoms with Gasteiger partial charge < -0.3 is 9.64 Å². The highest BCUT2D eigenvalue weighted by Crippen LogP contribution is 2.37. The fourth-order valence-electron chi connectivity index (χ4n) is 4.50. The van der Waals surface area contributed by atoms with Gasteiger partial charge in [-0.1, -0.05) is 12.1 Å². The highest BCUT2D eigenvalue weighted by atomic mass is 32.2. The Balaban J connectivity index is 2.08. The first-order valence-corrected chi connectivity index (χ1v) is 11.7. The van der Waals surface area contributed by atoms with Gasteiger partial charge in [0.1, 0.15) is 10.6 Å². The van der Waals surface area contributed by atoms with Gasteiger partial charge in [-0.3, -0.25) is 4.72 Å². The van der Waals surface area contributed by atoms with Gasteiger partial charge >= 0.3 is 0 Å². The molecule has 0 saturated carbocycles. The van der Waals surface area contributed by atoms with E-state index in [2.05, 4.69) is 22.6 Å². The van der Waals surface area contributed by atoms with E-state index in [0.717, 1.165) is 41.0 Å². The highest BCUT2D eigenvalue weighted by Gasteiger charge is 2.25. The topological polar surface area (TPSA) is 58.6 Å². The highest BCUT2D eigenvalue weighted by molar-refractivity contribution is 7.92. The molecule has 0 radical (unpaired) electrons. The van der Waals surface area contributed by atoms with Crippen molar-refractivity contribution in [1.29, 1.82) is 0 Å². The van der Waals surface area contributed by atoms with Gasteiger partial charge in [0.2, 0.25) is 0 Å². The molecule has 1 fully saturated rings. The summed E-state index contributed by atoms with van der Waals surface area (Å²) in [5.41, 5.74) is 6.60. The molecule has 0 bridgehead atoms. The molecule has 1 aliphatic heterocycles. The molecule has 2 aromatic carbocycles. The van der Waals surface area contributed by atoms with Crippen LogP contribution in [0.1, 0.15) is 47.1 Å². The Morgan fingerprint density at radius 1 is 0.897 bits per heavy atom. The number of sulfonamides is 1. The Morgan fingerprint density at radius 3 is 2.17 bits per heavy atom. The van der Waals surface area contributed by atoms with Crippen LogP contribution in [-0.2, 0) is 10.0 Å². The summed E-state index contributed by atoms with van der Waals surface area (Å²) in [5.74, 6) is 0.391. The van der Waals surface area contributed by atoms with E-state index in [0.29, 0.717) is 11.4 Å². The Hall–Kier alpha value is -2.21. The summed E-state index contributed by atoms with van der Waals surface area (Å²) in [6.45, 7) is 11.9. The second kappa shape index (κ2) is 8.27. The van der Waals surface area contributed by atoms with Crippen LogP contribution in [0, 0.1) is 34.6 Å². The molecule has 1 heterocycles. The molecule has 1 N–H and O–H groups in total. The Bertz CT molecular complexity index is 1020. The standard InChI is InChI=1S/C23H32N2O3S/c1-15-12-18(4)23(28-6)20(13-15)29(26,27)24-21-16(2)14-17(3)22(19(21)5)25-10-8-7-9-11-25/h12-14,24H,7-11H2,1-6H3.